The number of nitro groups is 1. The van der Waals surface area contributed by atoms with Gasteiger partial charge in [0.25, 0.3) is 21.7 Å². The summed E-state index contributed by atoms with van der Waals surface area (Å²) in [5, 5.41) is 13.0. The maximum absolute atomic E-state index is 13.4. The summed E-state index contributed by atoms with van der Waals surface area (Å²) in [6, 6.07) is 7.63. The van der Waals surface area contributed by atoms with Gasteiger partial charge in [0.1, 0.15) is 5.82 Å². The van der Waals surface area contributed by atoms with Crippen LogP contribution in [-0.2, 0) is 19.1 Å². The van der Waals surface area contributed by atoms with Crippen molar-refractivity contribution in [2.45, 2.75) is 24.3 Å². The highest BCUT2D eigenvalue weighted by Crippen LogP contribution is 2.21. The molecule has 0 spiro atoms. The summed E-state index contributed by atoms with van der Waals surface area (Å²) in [5.41, 5.74) is 5.05. The molecule has 0 aromatic heterocycles. The number of halogens is 1. The Morgan fingerprint density at radius 3 is 2.44 bits per heavy atom. The predicted molar refractivity (Wildman–Crippen MR) is 94.9 cm³/mol. The largest absolute Gasteiger partial charge is 0.396 e. The fraction of sp³-hybridized carbons (Fsp3) is 0.188. The van der Waals surface area contributed by atoms with Crippen LogP contribution in [0.25, 0.3) is 0 Å². The average Bonchev–Trinajstić information content (AvgIpc) is 2.62. The first-order valence-corrected chi connectivity index (χ1v) is 9.08. The Morgan fingerprint density at radius 1 is 1.30 bits per heavy atom. The summed E-state index contributed by atoms with van der Waals surface area (Å²) >= 11 is 0. The Hall–Kier alpha value is -3.05. The van der Waals surface area contributed by atoms with Gasteiger partial charge >= 0.3 is 0 Å². The smallest absolute Gasteiger partial charge is 0.297 e. The average molecular weight is 397 g/mol. The van der Waals surface area contributed by atoms with Crippen LogP contribution >= 0.6 is 0 Å². The van der Waals surface area contributed by atoms with Crippen molar-refractivity contribution in [3.05, 3.63) is 58.4 Å². The van der Waals surface area contributed by atoms with Gasteiger partial charge in [0.05, 0.1) is 15.5 Å². The SMILES string of the molecule is CC[C@@H](OS(=O)(=O)c1ccc([N+](=O)[O-])cc1)C(=O)Nc1ccc(N)c(F)c1. The van der Waals surface area contributed by atoms with Crippen LogP contribution < -0.4 is 11.1 Å². The molecule has 0 radical (unpaired) electrons. The zero-order chi connectivity index (χ0) is 20.2. The van der Waals surface area contributed by atoms with Crippen LogP contribution in [0, 0.1) is 15.9 Å². The minimum absolute atomic E-state index is 0.00942. The first-order chi connectivity index (χ1) is 12.6. The topological polar surface area (TPSA) is 142 Å². The van der Waals surface area contributed by atoms with Crippen LogP contribution in [-0.4, -0.2) is 25.4 Å². The molecule has 27 heavy (non-hydrogen) atoms. The van der Waals surface area contributed by atoms with Crippen molar-refractivity contribution < 1.29 is 26.7 Å². The first-order valence-electron chi connectivity index (χ1n) is 7.67. The lowest BCUT2D eigenvalue weighted by atomic mass is 10.2. The highest BCUT2D eigenvalue weighted by atomic mass is 32.2. The van der Waals surface area contributed by atoms with Crippen LogP contribution in [0.3, 0.4) is 0 Å². The van der Waals surface area contributed by atoms with Gasteiger partial charge in [-0.25, -0.2) is 4.39 Å². The third-order valence-corrected chi connectivity index (χ3v) is 4.85. The molecular formula is C16H16FN3O6S. The van der Waals surface area contributed by atoms with Crippen LogP contribution in [0.5, 0.6) is 0 Å². The molecule has 0 saturated carbocycles. The zero-order valence-electron chi connectivity index (χ0n) is 14.1. The molecule has 11 heteroatoms. The second-order valence-electron chi connectivity index (χ2n) is 5.42. The van der Waals surface area contributed by atoms with Crippen molar-refractivity contribution in [1.82, 2.24) is 0 Å². The van der Waals surface area contributed by atoms with E-state index < -0.39 is 32.9 Å². The Bertz CT molecular complexity index is 963. The molecule has 0 aliphatic carbocycles. The Balaban J connectivity index is 2.15. The minimum atomic E-state index is -4.34. The molecule has 0 bridgehead atoms. The quantitative estimate of drug-likeness (QED) is 0.316. The van der Waals surface area contributed by atoms with Crippen LogP contribution in [0.15, 0.2) is 47.4 Å². The standard InChI is InChI=1S/C16H16FN3O6S/c1-2-15(16(21)19-10-3-8-14(18)13(17)9-10)26-27(24,25)12-6-4-11(5-7-12)20(22)23/h3-9,15H,2,18H2,1H3,(H,19,21)/t15-/m1/s1. The van der Waals surface area contributed by atoms with Crippen molar-refractivity contribution in [3.63, 3.8) is 0 Å². The van der Waals surface area contributed by atoms with E-state index in [0.717, 1.165) is 30.3 Å². The van der Waals surface area contributed by atoms with E-state index in [2.05, 4.69) is 5.32 Å². The molecule has 2 aromatic rings. The van der Waals surface area contributed by atoms with Crippen LogP contribution in [0.4, 0.5) is 21.5 Å². The monoisotopic (exact) mass is 397 g/mol. The zero-order valence-corrected chi connectivity index (χ0v) is 14.9. The van der Waals surface area contributed by atoms with Crippen molar-refractivity contribution in [2.75, 3.05) is 11.1 Å². The number of nitrogen functional groups attached to an aromatic ring is 1. The van der Waals surface area contributed by atoms with Gasteiger partial charge in [-0.1, -0.05) is 6.92 Å². The summed E-state index contributed by atoms with van der Waals surface area (Å²) < 4.78 is 43.0. The molecule has 9 nitrogen and oxygen atoms in total. The molecule has 1 amide bonds. The Kier molecular flexibility index (Phi) is 6.08. The summed E-state index contributed by atoms with van der Waals surface area (Å²) in [4.78, 5) is 21.9. The lowest BCUT2D eigenvalue weighted by Crippen LogP contribution is -2.32. The van der Waals surface area contributed by atoms with E-state index in [-0.39, 0.29) is 28.4 Å². The predicted octanol–water partition coefficient (Wildman–Crippen LogP) is 2.44. The fourth-order valence-electron chi connectivity index (χ4n) is 2.07. The number of amides is 1. The molecule has 2 aromatic carbocycles. The van der Waals surface area contributed by atoms with Gasteiger partial charge in [0, 0.05) is 17.8 Å². The van der Waals surface area contributed by atoms with E-state index in [9.17, 15) is 27.7 Å². The van der Waals surface area contributed by atoms with E-state index in [1.807, 2.05) is 0 Å². The molecule has 3 N–H and O–H groups in total. The molecule has 0 saturated heterocycles. The summed E-state index contributed by atoms with van der Waals surface area (Å²) in [7, 11) is -4.34. The highest BCUT2D eigenvalue weighted by molar-refractivity contribution is 7.86. The molecule has 2 rings (SSSR count). The molecule has 0 aliphatic heterocycles. The third-order valence-electron chi connectivity index (χ3n) is 3.51. The number of anilines is 2. The summed E-state index contributed by atoms with van der Waals surface area (Å²) in [6.07, 6.45) is -1.37. The number of carbonyl (C=O) groups excluding carboxylic acids is 1. The van der Waals surface area contributed by atoms with Crippen LogP contribution in [0.2, 0.25) is 0 Å². The molecule has 0 fully saturated rings. The van der Waals surface area contributed by atoms with E-state index >= 15 is 0 Å². The fourth-order valence-corrected chi connectivity index (χ4v) is 3.18. The molecule has 0 aliphatic rings. The third kappa shape index (κ3) is 4.99. The number of nitrogens with one attached hydrogen (secondary N) is 1. The molecular weight excluding hydrogens is 381 g/mol. The van der Waals surface area contributed by atoms with Crippen LogP contribution in [0.1, 0.15) is 13.3 Å². The van der Waals surface area contributed by atoms with Crippen molar-refractivity contribution in [2.24, 2.45) is 0 Å². The van der Waals surface area contributed by atoms with E-state index in [1.54, 1.807) is 0 Å². The number of nitrogens with zero attached hydrogens (tertiary/aromatic N) is 1. The normalized spacial score (nSPS) is 12.4. The van der Waals surface area contributed by atoms with Crippen molar-refractivity contribution >= 4 is 33.1 Å². The minimum Gasteiger partial charge on any atom is -0.396 e. The molecule has 144 valence electrons. The van der Waals surface area contributed by atoms with Gasteiger partial charge < -0.3 is 11.1 Å². The first kappa shape index (κ1) is 20.3. The van der Waals surface area contributed by atoms with Crippen molar-refractivity contribution in [3.8, 4) is 0 Å². The number of carbonyl (C=O) groups is 1. The molecule has 0 heterocycles. The number of benzene rings is 2. The van der Waals surface area contributed by atoms with Gasteiger partial charge in [0.15, 0.2) is 6.10 Å². The van der Waals surface area contributed by atoms with Gasteiger partial charge in [-0.2, -0.15) is 8.42 Å². The maximum Gasteiger partial charge on any atom is 0.297 e. The molecule has 0 unspecified atom stereocenters. The van der Waals surface area contributed by atoms with Gasteiger partial charge in [-0.15, -0.1) is 0 Å². The van der Waals surface area contributed by atoms with Gasteiger partial charge in [0.2, 0.25) is 0 Å². The maximum atomic E-state index is 13.4. The lowest BCUT2D eigenvalue weighted by Gasteiger charge is -2.16. The summed E-state index contributed by atoms with van der Waals surface area (Å²) in [6.45, 7) is 1.53. The Labute approximate surface area is 154 Å². The highest BCUT2D eigenvalue weighted by Gasteiger charge is 2.27. The number of hydrogen-bond acceptors (Lipinski definition) is 7. The number of nitrogens with two attached hydrogens (primary N) is 1. The summed E-state index contributed by atoms with van der Waals surface area (Å²) in [5.74, 6) is -1.53. The van der Waals surface area contributed by atoms with Gasteiger partial charge in [-0.3, -0.25) is 19.1 Å². The second-order valence-corrected chi connectivity index (χ2v) is 7.00. The van der Waals surface area contributed by atoms with E-state index in [1.165, 1.54) is 19.1 Å². The van der Waals surface area contributed by atoms with E-state index in [0.29, 0.717) is 0 Å². The molecule has 1 atom stereocenters. The second kappa shape index (κ2) is 8.10. The number of hydrogen-bond donors (Lipinski definition) is 2. The van der Waals surface area contributed by atoms with E-state index in [4.69, 9.17) is 9.92 Å². The Morgan fingerprint density at radius 2 is 1.93 bits per heavy atom. The number of rotatable bonds is 7. The van der Waals surface area contributed by atoms with Gasteiger partial charge in [-0.05, 0) is 36.8 Å². The lowest BCUT2D eigenvalue weighted by molar-refractivity contribution is -0.384. The number of nitro benzene ring substituents is 1. The number of non-ortho nitro benzene ring substituents is 1. The van der Waals surface area contributed by atoms with Crippen molar-refractivity contribution in [1.29, 1.82) is 0 Å².